The number of methoxy groups -OCH3 is 2. The molecular weight excluding hydrogens is 394 g/mol. The van der Waals surface area contributed by atoms with Gasteiger partial charge in [0.25, 0.3) is 0 Å². The van der Waals surface area contributed by atoms with E-state index in [0.29, 0.717) is 10.6 Å². The number of hydrogen-bond acceptors (Lipinski definition) is 8. The van der Waals surface area contributed by atoms with Gasteiger partial charge >= 0.3 is 11.9 Å². The molecule has 0 bridgehead atoms. The summed E-state index contributed by atoms with van der Waals surface area (Å²) < 4.78 is 9.34. The maximum atomic E-state index is 12.4. The molecule has 0 aliphatic rings. The van der Waals surface area contributed by atoms with Gasteiger partial charge in [0, 0.05) is 11.4 Å². The van der Waals surface area contributed by atoms with Crippen LogP contribution in [0.2, 0.25) is 0 Å². The molecule has 1 N–H and O–H groups in total. The van der Waals surface area contributed by atoms with Gasteiger partial charge in [0.2, 0.25) is 5.91 Å². The number of aryl methyl sites for hydroxylation is 2. The van der Waals surface area contributed by atoms with Gasteiger partial charge in [-0.3, -0.25) is 4.79 Å². The maximum Gasteiger partial charge on any atom is 0.337 e. The Morgan fingerprint density at radius 1 is 1.07 bits per heavy atom. The fraction of sp³-hybridized carbons (Fsp3) is 0.250. The number of amides is 1. The van der Waals surface area contributed by atoms with E-state index in [1.807, 2.05) is 13.8 Å². The van der Waals surface area contributed by atoms with E-state index >= 15 is 0 Å². The number of benzene rings is 1. The van der Waals surface area contributed by atoms with E-state index in [1.54, 1.807) is 6.07 Å². The van der Waals surface area contributed by atoms with Crippen molar-refractivity contribution in [2.24, 2.45) is 0 Å². The van der Waals surface area contributed by atoms with Crippen molar-refractivity contribution < 1.29 is 23.9 Å². The van der Waals surface area contributed by atoms with Crippen molar-refractivity contribution in [2.45, 2.75) is 18.9 Å². The number of aromatic nitrogens is 1. The Balaban J connectivity index is 2.20. The zero-order valence-electron chi connectivity index (χ0n) is 16.4. The lowest BCUT2D eigenvalue weighted by molar-refractivity contribution is -0.113. The number of nitrogens with zero attached hydrogens (tertiary/aromatic N) is 2. The summed E-state index contributed by atoms with van der Waals surface area (Å²) in [6.45, 7) is 3.62. The predicted octanol–water partition coefficient (Wildman–Crippen LogP) is 2.87. The van der Waals surface area contributed by atoms with Crippen LogP contribution >= 0.6 is 11.8 Å². The van der Waals surface area contributed by atoms with Crippen LogP contribution in [0, 0.1) is 25.2 Å². The lowest BCUT2D eigenvalue weighted by Crippen LogP contribution is -2.16. The summed E-state index contributed by atoms with van der Waals surface area (Å²) in [4.78, 5) is 40.4. The molecule has 0 atom stereocenters. The van der Waals surface area contributed by atoms with E-state index < -0.39 is 17.8 Å². The molecule has 1 amide bonds. The third-order valence-corrected chi connectivity index (χ3v) is 4.80. The molecule has 1 aromatic heterocycles. The topological polar surface area (TPSA) is 118 Å². The highest BCUT2D eigenvalue weighted by Gasteiger charge is 2.16. The third-order valence-electron chi connectivity index (χ3n) is 3.82. The fourth-order valence-electron chi connectivity index (χ4n) is 2.55. The second-order valence-electron chi connectivity index (χ2n) is 5.99. The molecular formula is C20H19N3O5S. The minimum absolute atomic E-state index is 0.0133. The molecule has 0 aliphatic carbocycles. The predicted molar refractivity (Wildman–Crippen MR) is 107 cm³/mol. The molecule has 0 aliphatic heterocycles. The molecule has 1 heterocycles. The number of pyridine rings is 1. The number of nitrogens with one attached hydrogen (secondary N) is 1. The molecule has 0 radical (unpaired) electrons. The van der Waals surface area contributed by atoms with Crippen LogP contribution in [0.15, 0.2) is 29.3 Å². The second-order valence-corrected chi connectivity index (χ2v) is 6.96. The zero-order chi connectivity index (χ0) is 21.6. The number of ether oxygens (including phenoxy) is 2. The van der Waals surface area contributed by atoms with Crippen molar-refractivity contribution >= 4 is 35.3 Å². The summed E-state index contributed by atoms with van der Waals surface area (Å²) in [6, 6.07) is 8.02. The molecule has 29 heavy (non-hydrogen) atoms. The summed E-state index contributed by atoms with van der Waals surface area (Å²) >= 11 is 1.13. The Morgan fingerprint density at radius 2 is 1.66 bits per heavy atom. The van der Waals surface area contributed by atoms with Crippen LogP contribution in [0.1, 0.15) is 37.5 Å². The zero-order valence-corrected chi connectivity index (χ0v) is 17.2. The van der Waals surface area contributed by atoms with Gasteiger partial charge in [0.05, 0.1) is 36.7 Å². The number of hydrogen-bond donors (Lipinski definition) is 1. The van der Waals surface area contributed by atoms with E-state index in [-0.39, 0.29) is 22.6 Å². The Morgan fingerprint density at radius 3 is 2.17 bits per heavy atom. The van der Waals surface area contributed by atoms with Crippen molar-refractivity contribution in [3.05, 3.63) is 52.2 Å². The SMILES string of the molecule is COC(=O)c1cc(NC(=O)CSc2nc(C)cc(C)c2C#N)cc(C(=O)OC)c1. The van der Waals surface area contributed by atoms with Gasteiger partial charge in [-0.1, -0.05) is 11.8 Å². The maximum absolute atomic E-state index is 12.4. The first-order valence-corrected chi connectivity index (χ1v) is 9.40. The molecule has 1 aromatic carbocycles. The van der Waals surface area contributed by atoms with Crippen molar-refractivity contribution in [2.75, 3.05) is 25.3 Å². The number of rotatable bonds is 6. The van der Waals surface area contributed by atoms with E-state index in [0.717, 1.165) is 23.0 Å². The Labute approximate surface area is 172 Å². The quantitative estimate of drug-likeness (QED) is 0.567. The third kappa shape index (κ3) is 5.56. The van der Waals surface area contributed by atoms with Crippen LogP contribution in [-0.4, -0.2) is 42.8 Å². The van der Waals surface area contributed by atoms with Crippen LogP contribution in [0.4, 0.5) is 5.69 Å². The van der Waals surface area contributed by atoms with Gasteiger partial charge in [0.15, 0.2) is 0 Å². The molecule has 0 unspecified atom stereocenters. The van der Waals surface area contributed by atoms with Crippen molar-refractivity contribution in [3.63, 3.8) is 0 Å². The van der Waals surface area contributed by atoms with E-state index in [1.165, 1.54) is 32.4 Å². The molecule has 150 valence electrons. The van der Waals surface area contributed by atoms with Gasteiger partial charge in [-0.25, -0.2) is 14.6 Å². The molecule has 8 nitrogen and oxygen atoms in total. The number of anilines is 1. The molecule has 2 rings (SSSR count). The molecule has 9 heteroatoms. The summed E-state index contributed by atoms with van der Waals surface area (Å²) in [5.74, 6) is -1.71. The number of nitriles is 1. The lowest BCUT2D eigenvalue weighted by Gasteiger charge is -2.10. The highest BCUT2D eigenvalue weighted by molar-refractivity contribution is 8.00. The van der Waals surface area contributed by atoms with Crippen molar-refractivity contribution in [1.82, 2.24) is 4.98 Å². The second kappa shape index (κ2) is 9.71. The highest BCUT2D eigenvalue weighted by atomic mass is 32.2. The highest BCUT2D eigenvalue weighted by Crippen LogP contribution is 2.24. The van der Waals surface area contributed by atoms with Crippen LogP contribution in [0.25, 0.3) is 0 Å². The average molecular weight is 413 g/mol. The monoisotopic (exact) mass is 413 g/mol. The lowest BCUT2D eigenvalue weighted by atomic mass is 10.1. The Kier molecular flexibility index (Phi) is 7.33. The van der Waals surface area contributed by atoms with Crippen molar-refractivity contribution in [3.8, 4) is 6.07 Å². The van der Waals surface area contributed by atoms with Crippen molar-refractivity contribution in [1.29, 1.82) is 5.26 Å². The minimum Gasteiger partial charge on any atom is -0.465 e. The van der Waals surface area contributed by atoms with E-state index in [4.69, 9.17) is 0 Å². The van der Waals surface area contributed by atoms with Crippen LogP contribution in [0.3, 0.4) is 0 Å². The summed E-state index contributed by atoms with van der Waals surface area (Å²) in [7, 11) is 2.43. The minimum atomic E-state index is -0.654. The standard InChI is InChI=1S/C20H19N3O5S/c1-11-5-12(2)22-18(16(11)9-21)29-10-17(24)23-15-7-13(19(25)27-3)6-14(8-15)20(26)28-4/h5-8H,10H2,1-4H3,(H,23,24). The summed E-state index contributed by atoms with van der Waals surface area (Å²) in [6.07, 6.45) is 0. The number of thioether (sulfide) groups is 1. The van der Waals surface area contributed by atoms with Gasteiger partial charge in [-0.05, 0) is 43.7 Å². The van der Waals surface area contributed by atoms with Gasteiger partial charge in [0.1, 0.15) is 11.1 Å². The van der Waals surface area contributed by atoms with Crippen LogP contribution in [-0.2, 0) is 14.3 Å². The molecule has 0 saturated carbocycles. The molecule has 0 spiro atoms. The first-order valence-electron chi connectivity index (χ1n) is 8.41. The molecule has 2 aromatic rings. The largest absolute Gasteiger partial charge is 0.465 e. The van der Waals surface area contributed by atoms with Gasteiger partial charge in [-0.2, -0.15) is 5.26 Å². The summed E-state index contributed by atoms with van der Waals surface area (Å²) in [5, 5.41) is 12.4. The molecule has 0 saturated heterocycles. The smallest absolute Gasteiger partial charge is 0.337 e. The first-order chi connectivity index (χ1) is 13.8. The Bertz CT molecular complexity index is 980. The van der Waals surface area contributed by atoms with E-state index in [9.17, 15) is 19.6 Å². The molecule has 0 fully saturated rings. The fourth-order valence-corrected chi connectivity index (χ4v) is 3.44. The Hall–Kier alpha value is -3.38. The normalized spacial score (nSPS) is 10.0. The number of carbonyl (C=O) groups is 3. The number of carbonyl (C=O) groups excluding carboxylic acids is 3. The van der Waals surface area contributed by atoms with Gasteiger partial charge in [-0.15, -0.1) is 0 Å². The summed E-state index contributed by atoms with van der Waals surface area (Å²) in [5.41, 5.74) is 2.40. The average Bonchev–Trinajstić information content (AvgIpc) is 2.70. The number of esters is 2. The van der Waals surface area contributed by atoms with Gasteiger partial charge < -0.3 is 14.8 Å². The first kappa shape index (κ1) is 21.9. The van der Waals surface area contributed by atoms with E-state index in [2.05, 4.69) is 25.8 Å². The van der Waals surface area contributed by atoms with Crippen LogP contribution in [0.5, 0.6) is 0 Å². The van der Waals surface area contributed by atoms with Crippen LogP contribution < -0.4 is 5.32 Å².